The number of nitrogens with one attached hydrogen (secondary N) is 2. The number of nitriles is 1. The second-order valence-corrected chi connectivity index (χ2v) is 8.41. The summed E-state index contributed by atoms with van der Waals surface area (Å²) >= 11 is 0. The second kappa shape index (κ2) is 9.73. The topological polar surface area (TPSA) is 139 Å². The van der Waals surface area contributed by atoms with Gasteiger partial charge in [-0.2, -0.15) is 5.26 Å². The Morgan fingerprint density at radius 3 is 2.72 bits per heavy atom. The number of primary amides is 1. The zero-order chi connectivity index (χ0) is 23.4. The van der Waals surface area contributed by atoms with Crippen LogP contribution < -0.4 is 21.1 Å². The van der Waals surface area contributed by atoms with E-state index in [-0.39, 0.29) is 23.7 Å². The van der Waals surface area contributed by atoms with E-state index < -0.39 is 23.7 Å². The lowest BCUT2D eigenvalue weighted by Crippen LogP contribution is -2.35. The lowest BCUT2D eigenvalue weighted by Gasteiger charge is -2.15. The molecule has 0 spiro atoms. The molecule has 1 aromatic carbocycles. The fourth-order valence-electron chi connectivity index (χ4n) is 4.20. The average Bonchev–Trinajstić information content (AvgIpc) is 3.33. The molecule has 1 aromatic heterocycles. The molecule has 1 saturated heterocycles. The molecule has 1 unspecified atom stereocenters. The van der Waals surface area contributed by atoms with E-state index >= 15 is 0 Å². The molecular formula is C23H29N5O4. The minimum Gasteiger partial charge on any atom is -0.496 e. The van der Waals surface area contributed by atoms with Crippen LogP contribution >= 0.6 is 0 Å². The Kier molecular flexibility index (Phi) is 7.03. The molecule has 3 rings (SSSR count). The summed E-state index contributed by atoms with van der Waals surface area (Å²) in [6.07, 6.45) is 1.33. The molecule has 0 bridgehead atoms. The van der Waals surface area contributed by atoms with Crippen molar-refractivity contribution in [3.05, 3.63) is 29.5 Å². The van der Waals surface area contributed by atoms with Gasteiger partial charge in [0.1, 0.15) is 11.4 Å². The highest BCUT2D eigenvalue weighted by Gasteiger charge is 2.34. The molecular weight excluding hydrogens is 410 g/mol. The minimum absolute atomic E-state index is 0.0144. The first-order valence-electron chi connectivity index (χ1n) is 10.7. The summed E-state index contributed by atoms with van der Waals surface area (Å²) in [6, 6.07) is 7.46. The van der Waals surface area contributed by atoms with Gasteiger partial charge in [0, 0.05) is 19.6 Å². The van der Waals surface area contributed by atoms with Crippen molar-refractivity contribution in [2.45, 2.75) is 33.2 Å². The Morgan fingerprint density at radius 1 is 1.41 bits per heavy atom. The Labute approximate surface area is 186 Å². The van der Waals surface area contributed by atoms with E-state index in [1.807, 2.05) is 6.07 Å². The quantitative estimate of drug-likeness (QED) is 0.547. The number of benzene rings is 1. The molecule has 0 saturated carbocycles. The minimum atomic E-state index is -0.718. The molecule has 9 heteroatoms. The zero-order valence-electron chi connectivity index (χ0n) is 18.6. The van der Waals surface area contributed by atoms with Gasteiger partial charge < -0.3 is 25.7 Å². The lowest BCUT2D eigenvalue weighted by atomic mass is 9.92. The average molecular weight is 440 g/mol. The molecule has 0 aliphatic carbocycles. The molecule has 1 aliphatic heterocycles. The van der Waals surface area contributed by atoms with Crippen LogP contribution in [-0.2, 0) is 11.3 Å². The molecule has 2 heterocycles. The summed E-state index contributed by atoms with van der Waals surface area (Å²) in [6.45, 7) is 5.16. The summed E-state index contributed by atoms with van der Waals surface area (Å²) in [5, 5.41) is 15.5. The van der Waals surface area contributed by atoms with Crippen molar-refractivity contribution in [1.29, 1.82) is 5.26 Å². The van der Waals surface area contributed by atoms with Crippen LogP contribution in [0.1, 0.15) is 47.5 Å². The van der Waals surface area contributed by atoms with Gasteiger partial charge in [0.25, 0.3) is 11.8 Å². The summed E-state index contributed by atoms with van der Waals surface area (Å²) in [4.78, 5) is 37.8. The Bertz CT molecular complexity index is 1080. The van der Waals surface area contributed by atoms with Crippen LogP contribution in [-0.4, -0.2) is 42.5 Å². The number of ether oxygens (including phenoxy) is 1. The van der Waals surface area contributed by atoms with Crippen molar-refractivity contribution in [1.82, 2.24) is 15.2 Å². The SMILES string of the molecule is COc1cccc2c1c(C(=O)NCC(C#N)[C@@H]1CCNC1=O)c(C(N)=O)n2CCC(C)C. The van der Waals surface area contributed by atoms with E-state index in [2.05, 4.69) is 30.6 Å². The molecule has 0 radical (unpaired) electrons. The molecule has 1 aliphatic rings. The van der Waals surface area contributed by atoms with Crippen molar-refractivity contribution in [2.24, 2.45) is 23.5 Å². The van der Waals surface area contributed by atoms with Crippen LogP contribution in [0.3, 0.4) is 0 Å². The first kappa shape index (κ1) is 23.1. The largest absolute Gasteiger partial charge is 0.496 e. The molecule has 2 atom stereocenters. The van der Waals surface area contributed by atoms with Gasteiger partial charge in [-0.1, -0.05) is 19.9 Å². The van der Waals surface area contributed by atoms with Crippen LogP contribution in [0.25, 0.3) is 10.9 Å². The lowest BCUT2D eigenvalue weighted by molar-refractivity contribution is -0.123. The fourth-order valence-corrected chi connectivity index (χ4v) is 4.20. The number of carbonyl (C=O) groups excluding carboxylic acids is 3. The highest BCUT2D eigenvalue weighted by molar-refractivity contribution is 6.17. The molecule has 9 nitrogen and oxygen atoms in total. The van der Waals surface area contributed by atoms with Crippen molar-refractivity contribution in [2.75, 3.05) is 20.2 Å². The van der Waals surface area contributed by atoms with Crippen molar-refractivity contribution >= 4 is 28.6 Å². The van der Waals surface area contributed by atoms with Gasteiger partial charge in [0.2, 0.25) is 5.91 Å². The number of hydrogen-bond donors (Lipinski definition) is 3. The number of rotatable bonds is 9. The van der Waals surface area contributed by atoms with E-state index in [4.69, 9.17) is 10.5 Å². The Hall–Kier alpha value is -3.54. The molecule has 2 aromatic rings. The highest BCUT2D eigenvalue weighted by Crippen LogP contribution is 2.34. The highest BCUT2D eigenvalue weighted by atomic mass is 16.5. The van der Waals surface area contributed by atoms with Crippen molar-refractivity contribution < 1.29 is 19.1 Å². The number of methoxy groups -OCH3 is 1. The maximum atomic E-state index is 13.3. The normalized spacial score (nSPS) is 16.6. The first-order chi connectivity index (χ1) is 15.3. The number of hydrogen-bond acceptors (Lipinski definition) is 5. The number of nitrogens with zero attached hydrogens (tertiary/aromatic N) is 2. The summed E-state index contributed by atoms with van der Waals surface area (Å²) < 4.78 is 7.25. The molecule has 1 fully saturated rings. The van der Waals surface area contributed by atoms with Gasteiger partial charge >= 0.3 is 0 Å². The van der Waals surface area contributed by atoms with Crippen LogP contribution in [0.4, 0.5) is 0 Å². The Morgan fingerprint density at radius 2 is 2.16 bits per heavy atom. The maximum absolute atomic E-state index is 13.3. The number of carbonyl (C=O) groups is 3. The predicted octanol–water partition coefficient (Wildman–Crippen LogP) is 1.80. The smallest absolute Gasteiger partial charge is 0.266 e. The zero-order valence-corrected chi connectivity index (χ0v) is 18.6. The fraction of sp³-hybridized carbons (Fsp3) is 0.478. The van der Waals surface area contributed by atoms with Crippen LogP contribution in [0, 0.1) is 29.1 Å². The van der Waals surface area contributed by atoms with Gasteiger partial charge in [-0.05, 0) is 30.9 Å². The number of amides is 3. The standard InChI is InChI=1S/C23H29N5O4/c1-13(2)8-10-28-16-5-4-6-17(32-3)18(16)19(20(28)21(25)29)23(31)27-12-14(11-24)15-7-9-26-22(15)30/h4-6,13-15H,7-10,12H2,1-3H3,(H2,25,29)(H,26,30)(H,27,31)/t14?,15-/m0/s1. The van der Waals surface area contributed by atoms with Gasteiger partial charge in [0.05, 0.1) is 41.5 Å². The van der Waals surface area contributed by atoms with Crippen LogP contribution in [0.2, 0.25) is 0 Å². The van der Waals surface area contributed by atoms with E-state index in [1.165, 1.54) is 7.11 Å². The van der Waals surface area contributed by atoms with Gasteiger partial charge in [-0.25, -0.2) is 0 Å². The number of nitrogens with two attached hydrogens (primary N) is 1. The summed E-state index contributed by atoms with van der Waals surface area (Å²) in [7, 11) is 1.50. The second-order valence-electron chi connectivity index (χ2n) is 8.41. The summed E-state index contributed by atoms with van der Waals surface area (Å²) in [5.41, 5.74) is 6.64. The third-order valence-corrected chi connectivity index (χ3v) is 5.89. The molecule has 3 amide bonds. The van der Waals surface area contributed by atoms with Gasteiger partial charge in [0.15, 0.2) is 0 Å². The third kappa shape index (κ3) is 4.40. The van der Waals surface area contributed by atoms with Gasteiger partial charge in [-0.3, -0.25) is 14.4 Å². The molecule has 32 heavy (non-hydrogen) atoms. The Balaban J connectivity index is 2.02. The first-order valence-corrected chi connectivity index (χ1v) is 10.7. The number of aryl methyl sites for hydroxylation is 1. The van der Waals surface area contributed by atoms with Crippen molar-refractivity contribution in [3.8, 4) is 11.8 Å². The van der Waals surface area contributed by atoms with E-state index in [0.29, 0.717) is 42.1 Å². The summed E-state index contributed by atoms with van der Waals surface area (Å²) in [5.74, 6) is -1.75. The monoisotopic (exact) mass is 439 g/mol. The van der Waals surface area contributed by atoms with Crippen LogP contribution in [0.15, 0.2) is 18.2 Å². The number of aromatic nitrogens is 1. The van der Waals surface area contributed by atoms with E-state index in [9.17, 15) is 19.6 Å². The van der Waals surface area contributed by atoms with Crippen LogP contribution in [0.5, 0.6) is 5.75 Å². The maximum Gasteiger partial charge on any atom is 0.266 e. The third-order valence-electron chi connectivity index (χ3n) is 5.89. The molecule has 170 valence electrons. The van der Waals surface area contributed by atoms with E-state index in [0.717, 1.165) is 6.42 Å². The number of fused-ring (bicyclic) bond motifs is 1. The van der Waals surface area contributed by atoms with Crippen molar-refractivity contribution in [3.63, 3.8) is 0 Å². The van der Waals surface area contributed by atoms with E-state index in [1.54, 1.807) is 16.7 Å². The molecule has 4 N–H and O–H groups in total. The van der Waals surface area contributed by atoms with Gasteiger partial charge in [-0.15, -0.1) is 0 Å². The predicted molar refractivity (Wildman–Crippen MR) is 119 cm³/mol.